The number of benzene rings is 3. The van der Waals surface area contributed by atoms with E-state index < -0.39 is 21.7 Å². The van der Waals surface area contributed by atoms with Crippen LogP contribution in [-0.2, 0) is 16.4 Å². The van der Waals surface area contributed by atoms with Crippen molar-refractivity contribution in [2.75, 3.05) is 0 Å². The second-order valence-electron chi connectivity index (χ2n) is 6.65. The molecule has 0 aliphatic carbocycles. The van der Waals surface area contributed by atoms with Crippen molar-refractivity contribution >= 4 is 10.0 Å². The number of hydrogen-bond donors (Lipinski definition) is 1. The van der Waals surface area contributed by atoms with Crippen molar-refractivity contribution < 1.29 is 21.6 Å². The van der Waals surface area contributed by atoms with Gasteiger partial charge < -0.3 is 4.42 Å². The Hall–Kier alpha value is -3.36. The van der Waals surface area contributed by atoms with Gasteiger partial charge in [0.1, 0.15) is 5.69 Å². The quantitative estimate of drug-likeness (QED) is 0.508. The monoisotopic (exact) mass is 426 g/mol. The van der Waals surface area contributed by atoms with Crippen molar-refractivity contribution in [3.8, 4) is 22.6 Å². The summed E-state index contributed by atoms with van der Waals surface area (Å²) in [6.07, 6.45) is 0.396. The van der Waals surface area contributed by atoms with Gasteiger partial charge in [-0.25, -0.2) is 27.3 Å². The van der Waals surface area contributed by atoms with Crippen LogP contribution in [0.15, 0.2) is 82.1 Å². The number of primary sulfonamides is 1. The fourth-order valence-corrected chi connectivity index (χ4v) is 3.56. The van der Waals surface area contributed by atoms with Crippen LogP contribution in [0.4, 0.5) is 8.78 Å². The highest BCUT2D eigenvalue weighted by Crippen LogP contribution is 2.34. The normalized spacial score (nSPS) is 11.6. The molecule has 30 heavy (non-hydrogen) atoms. The predicted octanol–water partition coefficient (Wildman–Crippen LogP) is 4.53. The van der Waals surface area contributed by atoms with Crippen molar-refractivity contribution in [2.45, 2.75) is 11.3 Å². The maximum absolute atomic E-state index is 13.8. The van der Waals surface area contributed by atoms with E-state index in [2.05, 4.69) is 4.98 Å². The van der Waals surface area contributed by atoms with Gasteiger partial charge in [0, 0.05) is 17.5 Å². The maximum Gasteiger partial charge on any atom is 0.238 e. The van der Waals surface area contributed by atoms with Gasteiger partial charge in [-0.1, -0.05) is 30.3 Å². The lowest BCUT2D eigenvalue weighted by Crippen LogP contribution is -2.11. The van der Waals surface area contributed by atoms with Crippen LogP contribution in [0.25, 0.3) is 22.6 Å². The van der Waals surface area contributed by atoms with E-state index in [1.54, 1.807) is 0 Å². The van der Waals surface area contributed by atoms with Crippen LogP contribution in [0.3, 0.4) is 0 Å². The van der Waals surface area contributed by atoms with Gasteiger partial charge >= 0.3 is 0 Å². The number of rotatable bonds is 5. The summed E-state index contributed by atoms with van der Waals surface area (Å²) in [5, 5.41) is 5.15. The Morgan fingerprint density at radius 3 is 2.17 bits per heavy atom. The summed E-state index contributed by atoms with van der Waals surface area (Å²) in [6, 6.07) is 18.7. The second-order valence-corrected chi connectivity index (χ2v) is 8.21. The Bertz CT molecular complexity index is 1300. The molecule has 0 saturated carbocycles. The van der Waals surface area contributed by atoms with E-state index in [4.69, 9.17) is 9.56 Å². The summed E-state index contributed by atoms with van der Waals surface area (Å²) in [7, 11) is -3.85. The van der Waals surface area contributed by atoms with Crippen molar-refractivity contribution in [1.29, 1.82) is 0 Å². The zero-order valence-corrected chi connectivity index (χ0v) is 16.4. The summed E-state index contributed by atoms with van der Waals surface area (Å²) in [5.41, 5.74) is 2.14. The average Bonchev–Trinajstić information content (AvgIpc) is 3.14. The van der Waals surface area contributed by atoms with Crippen LogP contribution >= 0.6 is 0 Å². The fraction of sp³-hybridized carbons (Fsp3) is 0.0455. The molecule has 0 radical (unpaired) electrons. The molecule has 5 nitrogen and oxygen atoms in total. The number of hydrogen-bond acceptors (Lipinski definition) is 4. The fourth-order valence-electron chi connectivity index (χ4n) is 3.04. The summed E-state index contributed by atoms with van der Waals surface area (Å²) < 4.78 is 56.2. The third kappa shape index (κ3) is 4.14. The first-order chi connectivity index (χ1) is 14.3. The molecule has 0 aliphatic rings. The highest BCUT2D eigenvalue weighted by atomic mass is 32.2. The zero-order valence-electron chi connectivity index (χ0n) is 15.5. The van der Waals surface area contributed by atoms with Gasteiger partial charge in [-0.3, -0.25) is 0 Å². The minimum atomic E-state index is -3.85. The molecular weight excluding hydrogens is 410 g/mol. The molecule has 4 rings (SSSR count). The maximum atomic E-state index is 13.8. The number of halogens is 2. The third-order valence-corrected chi connectivity index (χ3v) is 5.44. The second kappa shape index (κ2) is 7.81. The van der Waals surface area contributed by atoms with Crippen molar-refractivity contribution in [2.24, 2.45) is 5.14 Å². The molecule has 0 fully saturated rings. The Morgan fingerprint density at radius 2 is 1.53 bits per heavy atom. The van der Waals surface area contributed by atoms with Crippen molar-refractivity contribution in [1.82, 2.24) is 4.98 Å². The molecule has 0 unspecified atom stereocenters. The average molecular weight is 426 g/mol. The molecule has 152 valence electrons. The van der Waals surface area contributed by atoms with E-state index in [-0.39, 0.29) is 4.90 Å². The van der Waals surface area contributed by atoms with Gasteiger partial charge in [0.05, 0.1) is 4.90 Å². The molecule has 1 aromatic heterocycles. The van der Waals surface area contributed by atoms with Crippen LogP contribution in [0.1, 0.15) is 11.5 Å². The Labute approximate surface area is 171 Å². The first-order valence-corrected chi connectivity index (χ1v) is 10.5. The van der Waals surface area contributed by atoms with Gasteiger partial charge in [-0.2, -0.15) is 0 Å². The lowest BCUT2D eigenvalue weighted by Gasteiger charge is -2.04. The topological polar surface area (TPSA) is 86.2 Å². The number of aromatic nitrogens is 1. The minimum absolute atomic E-state index is 0.0512. The zero-order chi connectivity index (χ0) is 21.3. The molecule has 0 atom stereocenters. The highest BCUT2D eigenvalue weighted by Gasteiger charge is 2.19. The summed E-state index contributed by atoms with van der Waals surface area (Å²) in [6.45, 7) is 0. The van der Waals surface area contributed by atoms with Crippen LogP contribution in [0.5, 0.6) is 0 Å². The minimum Gasteiger partial charge on any atom is -0.440 e. The third-order valence-electron chi connectivity index (χ3n) is 4.51. The van der Waals surface area contributed by atoms with Gasteiger partial charge in [0.15, 0.2) is 23.3 Å². The number of nitrogens with zero attached hydrogens (tertiary/aromatic N) is 1. The van der Waals surface area contributed by atoms with E-state index in [0.717, 1.165) is 17.7 Å². The van der Waals surface area contributed by atoms with E-state index in [9.17, 15) is 17.2 Å². The standard InChI is InChI=1S/C22H16F2N2O3S/c23-18-11-8-16(13-19(18)24)21-22(15-6-9-17(10-7-15)30(25,27)28)29-20(26-21)12-14-4-2-1-3-5-14/h1-11,13H,12H2,(H2,25,27,28). The number of nitrogens with two attached hydrogens (primary N) is 1. The molecule has 0 amide bonds. The highest BCUT2D eigenvalue weighted by molar-refractivity contribution is 7.89. The Kier molecular flexibility index (Phi) is 5.19. The lowest BCUT2D eigenvalue weighted by molar-refractivity contribution is 0.509. The molecule has 2 N–H and O–H groups in total. The van der Waals surface area contributed by atoms with E-state index >= 15 is 0 Å². The molecule has 4 aromatic rings. The molecule has 8 heteroatoms. The molecule has 0 aliphatic heterocycles. The van der Waals surface area contributed by atoms with E-state index in [0.29, 0.717) is 34.9 Å². The summed E-state index contributed by atoms with van der Waals surface area (Å²) >= 11 is 0. The largest absolute Gasteiger partial charge is 0.440 e. The first kappa shape index (κ1) is 19.9. The van der Waals surface area contributed by atoms with Crippen LogP contribution < -0.4 is 5.14 Å². The first-order valence-electron chi connectivity index (χ1n) is 8.93. The number of sulfonamides is 1. The van der Waals surface area contributed by atoms with Gasteiger partial charge in [-0.05, 0) is 48.0 Å². The SMILES string of the molecule is NS(=O)(=O)c1ccc(-c2oc(Cc3ccccc3)nc2-c2ccc(F)c(F)c2)cc1. The Balaban J connectivity index is 1.81. The van der Waals surface area contributed by atoms with Crippen LogP contribution in [-0.4, -0.2) is 13.4 Å². The van der Waals surface area contributed by atoms with Crippen LogP contribution in [0.2, 0.25) is 0 Å². The molecular formula is C22H16F2N2O3S. The molecule has 1 heterocycles. The van der Waals surface area contributed by atoms with Crippen LogP contribution in [0, 0.1) is 11.6 Å². The summed E-state index contributed by atoms with van der Waals surface area (Å²) in [5.74, 6) is -1.28. The smallest absolute Gasteiger partial charge is 0.238 e. The molecule has 0 bridgehead atoms. The van der Waals surface area contributed by atoms with Gasteiger partial charge in [0.2, 0.25) is 10.0 Å². The van der Waals surface area contributed by atoms with E-state index in [1.165, 1.54) is 30.3 Å². The number of oxazole rings is 1. The van der Waals surface area contributed by atoms with Crippen molar-refractivity contribution in [3.63, 3.8) is 0 Å². The lowest BCUT2D eigenvalue weighted by atomic mass is 10.1. The molecule has 0 saturated heterocycles. The summed E-state index contributed by atoms with van der Waals surface area (Å²) in [4.78, 5) is 4.44. The van der Waals surface area contributed by atoms with Crippen molar-refractivity contribution in [3.05, 3.63) is 95.9 Å². The van der Waals surface area contributed by atoms with Gasteiger partial charge in [-0.15, -0.1) is 0 Å². The van der Waals surface area contributed by atoms with Gasteiger partial charge in [0.25, 0.3) is 0 Å². The Morgan fingerprint density at radius 1 is 0.867 bits per heavy atom. The molecule has 3 aromatic carbocycles. The predicted molar refractivity (Wildman–Crippen MR) is 108 cm³/mol. The van der Waals surface area contributed by atoms with E-state index in [1.807, 2.05) is 30.3 Å². The molecule has 0 spiro atoms.